The molecule has 0 aromatic rings. The van der Waals surface area contributed by atoms with Crippen LogP contribution in [-0.2, 0) is 9.59 Å². The monoisotopic (exact) mass is 167 g/mol. The van der Waals surface area contributed by atoms with E-state index in [1.54, 1.807) is 0 Å². The number of amides is 2. The number of nitrogens with one attached hydrogen (secondary N) is 1. The van der Waals surface area contributed by atoms with Gasteiger partial charge in [0.05, 0.1) is 6.42 Å². The van der Waals surface area contributed by atoms with E-state index in [0.29, 0.717) is 11.5 Å². The Morgan fingerprint density at radius 3 is 2.67 bits per heavy atom. The maximum Gasteiger partial charge on any atom is 0.253 e. The molecule has 1 unspecified atom stereocenters. The fourth-order valence-corrected chi connectivity index (χ4v) is 1.10. The number of hydrogen-bond acceptors (Lipinski definition) is 2. The van der Waals surface area contributed by atoms with E-state index in [-0.39, 0.29) is 18.2 Å². The van der Waals surface area contributed by atoms with Crippen LogP contribution in [0.2, 0.25) is 0 Å². The molecule has 3 heteroatoms. The molecule has 2 amide bonds. The summed E-state index contributed by atoms with van der Waals surface area (Å²) >= 11 is 0. The van der Waals surface area contributed by atoms with Gasteiger partial charge in [-0.3, -0.25) is 14.9 Å². The third-order valence-electron chi connectivity index (χ3n) is 2.03. The first-order valence-electron chi connectivity index (χ1n) is 4.18. The molecule has 0 aromatic heterocycles. The Morgan fingerprint density at radius 2 is 2.25 bits per heavy atom. The molecule has 0 saturated carbocycles. The molecule has 66 valence electrons. The van der Waals surface area contributed by atoms with Gasteiger partial charge in [-0.1, -0.05) is 26.3 Å². The highest BCUT2D eigenvalue weighted by Crippen LogP contribution is 2.14. The van der Waals surface area contributed by atoms with Crippen LogP contribution in [0.25, 0.3) is 0 Å². The second kappa shape index (κ2) is 3.52. The third-order valence-corrected chi connectivity index (χ3v) is 2.03. The molecule has 0 bridgehead atoms. The summed E-state index contributed by atoms with van der Waals surface area (Å²) in [4.78, 5) is 21.8. The van der Waals surface area contributed by atoms with E-state index in [2.05, 4.69) is 12.2 Å². The summed E-state index contributed by atoms with van der Waals surface area (Å²) in [6.45, 7) is 4.08. The van der Waals surface area contributed by atoms with Crippen molar-refractivity contribution in [3.8, 4) is 0 Å². The van der Waals surface area contributed by atoms with Crippen LogP contribution in [-0.4, -0.2) is 11.8 Å². The second-order valence-corrected chi connectivity index (χ2v) is 3.13. The van der Waals surface area contributed by atoms with Crippen molar-refractivity contribution in [1.29, 1.82) is 0 Å². The lowest BCUT2D eigenvalue weighted by atomic mass is 10.0. The molecule has 0 spiro atoms. The quantitative estimate of drug-likeness (QED) is 0.492. The zero-order chi connectivity index (χ0) is 9.14. The zero-order valence-corrected chi connectivity index (χ0v) is 7.39. The van der Waals surface area contributed by atoms with Crippen molar-refractivity contribution in [3.63, 3.8) is 0 Å². The molecule has 1 atom stereocenters. The molecule has 1 heterocycles. The van der Waals surface area contributed by atoms with Crippen LogP contribution in [0.5, 0.6) is 0 Å². The summed E-state index contributed by atoms with van der Waals surface area (Å²) in [5.41, 5.74) is 0.620. The molecule has 12 heavy (non-hydrogen) atoms. The Hall–Kier alpha value is -1.12. The van der Waals surface area contributed by atoms with Crippen LogP contribution in [0.3, 0.4) is 0 Å². The molecular formula is C9H13NO2. The van der Waals surface area contributed by atoms with E-state index < -0.39 is 0 Å². The van der Waals surface area contributed by atoms with Gasteiger partial charge < -0.3 is 0 Å². The molecular weight excluding hydrogens is 154 g/mol. The number of carbonyl (C=O) groups excluding carboxylic acids is 2. The SMILES string of the molecule is CCC(C)C=C1CC(=O)NC1=O. The fourth-order valence-electron chi connectivity index (χ4n) is 1.10. The molecule has 0 aliphatic carbocycles. The summed E-state index contributed by atoms with van der Waals surface area (Å²) in [6.07, 6.45) is 3.12. The van der Waals surface area contributed by atoms with Crippen molar-refractivity contribution in [3.05, 3.63) is 11.6 Å². The van der Waals surface area contributed by atoms with Gasteiger partial charge in [0.1, 0.15) is 0 Å². The van der Waals surface area contributed by atoms with Crippen LogP contribution < -0.4 is 5.32 Å². The largest absolute Gasteiger partial charge is 0.292 e. The van der Waals surface area contributed by atoms with Gasteiger partial charge in [-0.15, -0.1) is 0 Å². The first-order valence-corrected chi connectivity index (χ1v) is 4.18. The Labute approximate surface area is 71.8 Å². The molecule has 1 aliphatic rings. The summed E-state index contributed by atoms with van der Waals surface area (Å²) in [6, 6.07) is 0. The summed E-state index contributed by atoms with van der Waals surface area (Å²) in [5, 5.41) is 2.25. The van der Waals surface area contributed by atoms with Crippen LogP contribution >= 0.6 is 0 Å². The highest BCUT2D eigenvalue weighted by Gasteiger charge is 2.23. The average Bonchev–Trinajstić information content (AvgIpc) is 2.30. The number of rotatable bonds is 2. The van der Waals surface area contributed by atoms with Crippen molar-refractivity contribution in [2.24, 2.45) is 5.92 Å². The topological polar surface area (TPSA) is 46.2 Å². The number of carbonyl (C=O) groups is 2. The maximum absolute atomic E-state index is 11.0. The standard InChI is InChI=1S/C9H13NO2/c1-3-6(2)4-7-5-8(11)10-9(7)12/h4,6H,3,5H2,1-2H3,(H,10,11,12). The molecule has 1 rings (SSSR count). The van der Waals surface area contributed by atoms with Gasteiger partial charge in [-0.25, -0.2) is 0 Å². The summed E-state index contributed by atoms with van der Waals surface area (Å²) in [5.74, 6) is -0.0356. The first-order chi connectivity index (χ1) is 5.63. The zero-order valence-electron chi connectivity index (χ0n) is 7.39. The Kier molecular flexibility index (Phi) is 2.63. The highest BCUT2D eigenvalue weighted by atomic mass is 16.2. The van der Waals surface area contributed by atoms with Crippen LogP contribution in [0.15, 0.2) is 11.6 Å². The van der Waals surface area contributed by atoms with Gasteiger partial charge in [0.2, 0.25) is 5.91 Å². The number of hydrogen-bond donors (Lipinski definition) is 1. The summed E-state index contributed by atoms with van der Waals surface area (Å²) < 4.78 is 0. The smallest absolute Gasteiger partial charge is 0.253 e. The van der Waals surface area contributed by atoms with Crippen molar-refractivity contribution < 1.29 is 9.59 Å². The van der Waals surface area contributed by atoms with Crippen molar-refractivity contribution >= 4 is 11.8 Å². The Morgan fingerprint density at radius 1 is 1.58 bits per heavy atom. The van der Waals surface area contributed by atoms with E-state index in [1.807, 2.05) is 13.0 Å². The molecule has 1 saturated heterocycles. The van der Waals surface area contributed by atoms with Gasteiger partial charge in [-0.2, -0.15) is 0 Å². The lowest BCUT2D eigenvalue weighted by Crippen LogP contribution is -2.19. The van der Waals surface area contributed by atoms with Crippen molar-refractivity contribution in [1.82, 2.24) is 5.32 Å². The Balaban J connectivity index is 2.69. The summed E-state index contributed by atoms with van der Waals surface area (Å²) in [7, 11) is 0. The molecule has 1 N–H and O–H groups in total. The van der Waals surface area contributed by atoms with Gasteiger partial charge in [0.25, 0.3) is 5.91 Å². The Bertz CT molecular complexity index is 243. The predicted octanol–water partition coefficient (Wildman–Crippen LogP) is 1.01. The second-order valence-electron chi connectivity index (χ2n) is 3.13. The predicted molar refractivity (Wildman–Crippen MR) is 45.3 cm³/mol. The van der Waals surface area contributed by atoms with Gasteiger partial charge >= 0.3 is 0 Å². The molecule has 3 nitrogen and oxygen atoms in total. The van der Waals surface area contributed by atoms with E-state index in [4.69, 9.17) is 0 Å². The van der Waals surface area contributed by atoms with Crippen LogP contribution in [0.4, 0.5) is 0 Å². The number of allylic oxidation sites excluding steroid dienone is 1. The van der Waals surface area contributed by atoms with Crippen molar-refractivity contribution in [2.75, 3.05) is 0 Å². The van der Waals surface area contributed by atoms with E-state index in [1.165, 1.54) is 0 Å². The van der Waals surface area contributed by atoms with Gasteiger partial charge in [0.15, 0.2) is 0 Å². The van der Waals surface area contributed by atoms with Gasteiger partial charge in [-0.05, 0) is 5.92 Å². The minimum Gasteiger partial charge on any atom is -0.292 e. The normalized spacial score (nSPS) is 23.0. The van der Waals surface area contributed by atoms with E-state index in [9.17, 15) is 9.59 Å². The van der Waals surface area contributed by atoms with E-state index >= 15 is 0 Å². The average molecular weight is 167 g/mol. The first kappa shape index (κ1) is 8.97. The fraction of sp³-hybridized carbons (Fsp3) is 0.556. The van der Waals surface area contributed by atoms with Crippen LogP contribution in [0.1, 0.15) is 26.7 Å². The highest BCUT2D eigenvalue weighted by molar-refractivity contribution is 6.13. The van der Waals surface area contributed by atoms with Crippen LogP contribution in [0, 0.1) is 5.92 Å². The number of imide groups is 1. The van der Waals surface area contributed by atoms with Gasteiger partial charge in [0, 0.05) is 5.57 Å². The molecule has 1 aliphatic heterocycles. The molecule has 1 fully saturated rings. The lowest BCUT2D eigenvalue weighted by molar-refractivity contribution is -0.124. The maximum atomic E-state index is 11.0. The minimum absolute atomic E-state index is 0.186. The molecule has 0 aromatic carbocycles. The van der Waals surface area contributed by atoms with E-state index in [0.717, 1.165) is 6.42 Å². The van der Waals surface area contributed by atoms with Crippen molar-refractivity contribution in [2.45, 2.75) is 26.7 Å². The minimum atomic E-state index is -0.222. The molecule has 0 radical (unpaired) electrons. The lowest BCUT2D eigenvalue weighted by Gasteiger charge is -2.00. The third kappa shape index (κ3) is 1.94.